The smallest absolute Gasteiger partial charge is 0.257 e. The third-order valence-electron chi connectivity index (χ3n) is 2.78. The Morgan fingerprint density at radius 1 is 1.29 bits per heavy atom. The number of methoxy groups -OCH3 is 2. The first-order valence-corrected chi connectivity index (χ1v) is 6.37. The molecule has 0 aliphatic carbocycles. The van der Waals surface area contributed by atoms with Crippen LogP contribution in [0.5, 0.6) is 11.5 Å². The summed E-state index contributed by atoms with van der Waals surface area (Å²) in [6.45, 7) is 0. The number of amides is 1. The average Bonchev–Trinajstić information content (AvgIpc) is 2.49. The number of anilines is 2. The van der Waals surface area contributed by atoms with Crippen LogP contribution in [0.2, 0.25) is 5.02 Å². The molecule has 6 nitrogen and oxygen atoms in total. The van der Waals surface area contributed by atoms with Gasteiger partial charge < -0.3 is 20.5 Å². The average molecular weight is 308 g/mol. The summed E-state index contributed by atoms with van der Waals surface area (Å²) in [6.07, 6.45) is 1.33. The summed E-state index contributed by atoms with van der Waals surface area (Å²) in [4.78, 5) is 16.1. The molecule has 1 heterocycles. The molecule has 2 rings (SSSR count). The van der Waals surface area contributed by atoms with Crippen molar-refractivity contribution >= 4 is 29.0 Å². The lowest BCUT2D eigenvalue weighted by Crippen LogP contribution is -2.14. The lowest BCUT2D eigenvalue weighted by molar-refractivity contribution is 0.102. The molecule has 1 aromatic heterocycles. The lowest BCUT2D eigenvalue weighted by atomic mass is 10.2. The van der Waals surface area contributed by atoms with E-state index in [1.807, 2.05) is 0 Å². The summed E-state index contributed by atoms with van der Waals surface area (Å²) in [6, 6.07) is 6.47. The topological polar surface area (TPSA) is 86.5 Å². The number of halogens is 1. The number of ether oxygens (including phenoxy) is 2. The van der Waals surface area contributed by atoms with Gasteiger partial charge in [0.1, 0.15) is 17.3 Å². The van der Waals surface area contributed by atoms with Gasteiger partial charge in [-0.2, -0.15) is 0 Å². The molecule has 3 N–H and O–H groups in total. The molecule has 1 amide bonds. The van der Waals surface area contributed by atoms with Crippen LogP contribution >= 0.6 is 11.6 Å². The summed E-state index contributed by atoms with van der Waals surface area (Å²) in [5.74, 6) is 0.886. The Morgan fingerprint density at radius 3 is 2.71 bits per heavy atom. The predicted octanol–water partition coefficient (Wildman–Crippen LogP) is 2.59. The highest BCUT2D eigenvalue weighted by atomic mass is 35.5. The largest absolute Gasteiger partial charge is 0.497 e. The van der Waals surface area contributed by atoms with E-state index in [2.05, 4.69) is 10.3 Å². The van der Waals surface area contributed by atoms with E-state index in [1.54, 1.807) is 18.2 Å². The molecule has 0 spiro atoms. The molecule has 7 heteroatoms. The van der Waals surface area contributed by atoms with Crippen LogP contribution in [0.1, 0.15) is 10.4 Å². The first-order valence-electron chi connectivity index (χ1n) is 5.99. The van der Waals surface area contributed by atoms with Gasteiger partial charge >= 0.3 is 0 Å². The van der Waals surface area contributed by atoms with Crippen LogP contribution in [-0.2, 0) is 0 Å². The summed E-state index contributed by atoms with van der Waals surface area (Å²) < 4.78 is 10.3. The van der Waals surface area contributed by atoms with Crippen LogP contribution in [-0.4, -0.2) is 25.1 Å². The molecule has 110 valence electrons. The van der Waals surface area contributed by atoms with Crippen molar-refractivity contribution in [1.82, 2.24) is 4.98 Å². The number of hydrogen-bond donors (Lipinski definition) is 2. The minimum absolute atomic E-state index is 0.210. The van der Waals surface area contributed by atoms with Gasteiger partial charge in [0, 0.05) is 12.3 Å². The van der Waals surface area contributed by atoms with E-state index in [-0.39, 0.29) is 16.4 Å². The molecule has 21 heavy (non-hydrogen) atoms. The number of pyridine rings is 1. The van der Waals surface area contributed by atoms with Crippen LogP contribution in [0.25, 0.3) is 0 Å². The Kier molecular flexibility index (Phi) is 4.49. The van der Waals surface area contributed by atoms with Gasteiger partial charge in [-0.25, -0.2) is 4.98 Å². The van der Waals surface area contributed by atoms with Crippen molar-refractivity contribution in [3.05, 3.63) is 41.0 Å². The standard InChI is InChI=1S/C14H14ClN3O3/c1-20-8-3-4-12(21-2)11(5-8)18-14(19)9-6-13(16)17-7-10(9)15/h3-7H,1-2H3,(H2,16,17)(H,18,19). The van der Waals surface area contributed by atoms with E-state index in [1.165, 1.54) is 26.5 Å². The van der Waals surface area contributed by atoms with Crippen molar-refractivity contribution in [2.75, 3.05) is 25.3 Å². The predicted molar refractivity (Wildman–Crippen MR) is 81.2 cm³/mol. The van der Waals surface area contributed by atoms with Crippen LogP contribution in [0, 0.1) is 0 Å². The minimum atomic E-state index is -0.416. The molecule has 0 radical (unpaired) electrons. The summed E-state index contributed by atoms with van der Waals surface area (Å²) >= 11 is 5.95. The van der Waals surface area contributed by atoms with Crippen LogP contribution < -0.4 is 20.5 Å². The molecule has 0 aliphatic rings. The zero-order chi connectivity index (χ0) is 15.4. The van der Waals surface area contributed by atoms with E-state index in [0.29, 0.717) is 17.2 Å². The molecule has 0 fully saturated rings. The Bertz CT molecular complexity index is 677. The SMILES string of the molecule is COc1ccc(OC)c(NC(=O)c2cc(N)ncc2Cl)c1. The van der Waals surface area contributed by atoms with Gasteiger partial charge in [-0.15, -0.1) is 0 Å². The van der Waals surface area contributed by atoms with Gasteiger partial charge in [0.2, 0.25) is 0 Å². The lowest BCUT2D eigenvalue weighted by Gasteiger charge is -2.12. The number of nitrogen functional groups attached to an aromatic ring is 1. The molecule has 2 aromatic rings. The number of carbonyl (C=O) groups excluding carboxylic acids is 1. The Hall–Kier alpha value is -2.47. The molecule has 0 saturated carbocycles. The van der Waals surface area contributed by atoms with Gasteiger partial charge in [-0.05, 0) is 18.2 Å². The second-order valence-electron chi connectivity index (χ2n) is 4.11. The number of nitrogens with two attached hydrogens (primary N) is 1. The number of rotatable bonds is 4. The highest BCUT2D eigenvalue weighted by Crippen LogP contribution is 2.30. The fraction of sp³-hybridized carbons (Fsp3) is 0.143. The molecule has 0 bridgehead atoms. The monoisotopic (exact) mass is 307 g/mol. The van der Waals surface area contributed by atoms with Crippen LogP contribution in [0.4, 0.5) is 11.5 Å². The van der Waals surface area contributed by atoms with E-state index >= 15 is 0 Å². The number of benzene rings is 1. The van der Waals surface area contributed by atoms with Crippen molar-refractivity contribution in [2.45, 2.75) is 0 Å². The maximum atomic E-state index is 12.3. The summed E-state index contributed by atoms with van der Waals surface area (Å²) in [7, 11) is 3.04. The summed E-state index contributed by atoms with van der Waals surface area (Å²) in [5.41, 5.74) is 6.26. The third kappa shape index (κ3) is 3.35. The highest BCUT2D eigenvalue weighted by Gasteiger charge is 2.14. The molecule has 0 unspecified atom stereocenters. The normalized spacial score (nSPS) is 10.0. The maximum Gasteiger partial charge on any atom is 0.257 e. The van der Waals surface area contributed by atoms with Gasteiger partial charge in [-0.1, -0.05) is 11.6 Å². The van der Waals surface area contributed by atoms with E-state index in [9.17, 15) is 4.79 Å². The fourth-order valence-electron chi connectivity index (χ4n) is 1.73. The maximum absolute atomic E-state index is 12.3. The zero-order valence-corrected chi connectivity index (χ0v) is 12.3. The van der Waals surface area contributed by atoms with Gasteiger partial charge in [-0.3, -0.25) is 4.79 Å². The third-order valence-corrected chi connectivity index (χ3v) is 3.08. The highest BCUT2D eigenvalue weighted by molar-refractivity contribution is 6.34. The second kappa shape index (κ2) is 6.32. The zero-order valence-electron chi connectivity index (χ0n) is 11.5. The molecule has 0 atom stereocenters. The quantitative estimate of drug-likeness (QED) is 0.906. The molecule has 1 aromatic carbocycles. The van der Waals surface area contributed by atoms with Gasteiger partial charge in [0.15, 0.2) is 0 Å². The summed E-state index contributed by atoms with van der Waals surface area (Å²) in [5, 5.41) is 2.92. The molecule has 0 aliphatic heterocycles. The van der Waals surface area contributed by atoms with Crippen LogP contribution in [0.3, 0.4) is 0 Å². The number of carbonyl (C=O) groups is 1. The van der Waals surface area contributed by atoms with Gasteiger partial charge in [0.05, 0.1) is 30.5 Å². The van der Waals surface area contributed by atoms with Crippen molar-refractivity contribution in [3.8, 4) is 11.5 Å². The van der Waals surface area contributed by atoms with E-state index in [0.717, 1.165) is 0 Å². The van der Waals surface area contributed by atoms with Crippen molar-refractivity contribution in [1.29, 1.82) is 0 Å². The van der Waals surface area contributed by atoms with E-state index in [4.69, 9.17) is 26.8 Å². The number of hydrogen-bond acceptors (Lipinski definition) is 5. The van der Waals surface area contributed by atoms with Crippen LogP contribution in [0.15, 0.2) is 30.5 Å². The van der Waals surface area contributed by atoms with E-state index < -0.39 is 5.91 Å². The first kappa shape index (κ1) is 14.9. The van der Waals surface area contributed by atoms with Crippen molar-refractivity contribution in [3.63, 3.8) is 0 Å². The molecular weight excluding hydrogens is 294 g/mol. The first-order chi connectivity index (χ1) is 10.0. The second-order valence-corrected chi connectivity index (χ2v) is 4.52. The van der Waals surface area contributed by atoms with Crippen molar-refractivity contribution < 1.29 is 14.3 Å². The number of nitrogens with zero attached hydrogens (tertiary/aromatic N) is 1. The number of aromatic nitrogens is 1. The number of nitrogens with one attached hydrogen (secondary N) is 1. The Labute approximate surface area is 126 Å². The fourth-order valence-corrected chi connectivity index (χ4v) is 1.92. The molecular formula is C14H14ClN3O3. The Balaban J connectivity index is 2.32. The Morgan fingerprint density at radius 2 is 2.05 bits per heavy atom. The van der Waals surface area contributed by atoms with Gasteiger partial charge in [0.25, 0.3) is 5.91 Å². The molecule has 0 saturated heterocycles. The van der Waals surface area contributed by atoms with Crippen molar-refractivity contribution in [2.24, 2.45) is 0 Å². The minimum Gasteiger partial charge on any atom is -0.497 e.